The van der Waals surface area contributed by atoms with Gasteiger partial charge in [-0.15, -0.1) is 0 Å². The van der Waals surface area contributed by atoms with E-state index in [0.717, 1.165) is 51.4 Å². The third kappa shape index (κ3) is 10.1. The van der Waals surface area contributed by atoms with Crippen LogP contribution in [-0.4, -0.2) is 27.9 Å². The van der Waals surface area contributed by atoms with Crippen LogP contribution in [0.5, 0.6) is 0 Å². The molecule has 20 rings (SSSR count). The molecular weight excluding hydrogens is 1220 g/mol. The van der Waals surface area contributed by atoms with E-state index < -0.39 is 0 Å². The number of aromatic nitrogens is 2. The standard InChI is InChI=1S/C96H87BN4/c1-8-30-64(31-9-1)71-60-90-94-91(61-71)101(96-78(69-40-18-6-19-41-69)50-27-51-79(96)70-42-20-7-21-43-70)89-63-73(99-85-53-25-23-45-81(85)93-75(47-29-55-87(93)99)66-34-12-3-13-35-66)57-59-83(89)97(94)82-58-56-72(98-84-52-24-22-44-80(84)92-74(46-28-54-86(92)98)65-32-10-2-11-33-65)62-88(82)100(90)95-76(67-36-14-4-15-37-67)48-26-49-77(95)68-38-16-5-17-39-68/h1-4,6,8-14,18,22-25,28-35,38,42,44-48,50,52-63,67,69,77,79,95-96H,5,7,15-17,19-21,26-27,36-37,39-41,43,49,51H2. The minimum absolute atomic E-state index is 0.0712. The monoisotopic (exact) mass is 1310 g/mol. The molecule has 5 heteroatoms. The first-order valence-electron chi connectivity index (χ1n) is 38.5. The van der Waals surface area contributed by atoms with Gasteiger partial charge in [-0.05, 0) is 249 Å². The minimum atomic E-state index is -0.0712. The molecule has 0 bridgehead atoms. The first kappa shape index (κ1) is 60.8. The van der Waals surface area contributed by atoms with Crippen LogP contribution < -0.4 is 26.2 Å². The van der Waals surface area contributed by atoms with Crippen LogP contribution in [0.3, 0.4) is 0 Å². The van der Waals surface area contributed by atoms with E-state index in [1.54, 1.807) is 22.3 Å². The van der Waals surface area contributed by atoms with Gasteiger partial charge in [0, 0.05) is 67.5 Å². The van der Waals surface area contributed by atoms with Crippen LogP contribution in [0.1, 0.15) is 116 Å². The van der Waals surface area contributed by atoms with Gasteiger partial charge in [0.1, 0.15) is 0 Å². The highest BCUT2D eigenvalue weighted by molar-refractivity contribution is 7.00. The zero-order chi connectivity index (χ0) is 66.5. The Morgan fingerprint density at radius 3 is 1.22 bits per heavy atom. The molecular formula is C96H87BN4. The van der Waals surface area contributed by atoms with E-state index in [1.165, 1.54) is 192 Å². The highest BCUT2D eigenvalue weighted by Gasteiger charge is 2.51. The third-order valence-corrected chi connectivity index (χ3v) is 25.1. The van der Waals surface area contributed by atoms with Crippen LogP contribution in [0.15, 0.2) is 295 Å². The molecule has 4 heterocycles. The van der Waals surface area contributed by atoms with Gasteiger partial charge < -0.3 is 18.9 Å². The number of nitrogens with zero attached hydrogens (tertiary/aromatic N) is 4. The lowest BCUT2D eigenvalue weighted by Crippen LogP contribution is -2.65. The van der Waals surface area contributed by atoms with E-state index in [9.17, 15) is 0 Å². The van der Waals surface area contributed by atoms with Gasteiger partial charge in [0.2, 0.25) is 0 Å². The van der Waals surface area contributed by atoms with Crippen molar-refractivity contribution in [3.05, 3.63) is 295 Å². The summed E-state index contributed by atoms with van der Waals surface area (Å²) < 4.78 is 5.24. The molecule has 6 atom stereocenters. The molecule has 2 aliphatic heterocycles. The van der Waals surface area contributed by atoms with E-state index >= 15 is 0 Å². The molecule has 6 aliphatic carbocycles. The summed E-state index contributed by atoms with van der Waals surface area (Å²) in [6.07, 6.45) is 42.2. The average Bonchev–Trinajstić information content (AvgIpc) is 1.01. The molecule has 0 radical (unpaired) electrons. The molecule has 0 saturated heterocycles. The van der Waals surface area contributed by atoms with Gasteiger partial charge >= 0.3 is 0 Å². The molecule has 2 aromatic heterocycles. The normalized spacial score (nSPS) is 21.8. The highest BCUT2D eigenvalue weighted by atomic mass is 15.2. The molecule has 6 unspecified atom stereocenters. The molecule has 0 amide bonds. The van der Waals surface area contributed by atoms with Gasteiger partial charge in [0.05, 0.1) is 34.2 Å². The number of anilines is 4. The molecule has 8 aliphatic rings. The Morgan fingerprint density at radius 2 is 0.772 bits per heavy atom. The smallest absolute Gasteiger partial charge is 0.252 e. The summed E-state index contributed by atoms with van der Waals surface area (Å²) in [6, 6.07) is 87.6. The fourth-order valence-electron chi connectivity index (χ4n) is 20.7. The second kappa shape index (κ2) is 25.5. The fraction of sp³-hybridized carbons (Fsp3) is 0.250. The third-order valence-electron chi connectivity index (χ3n) is 25.1. The van der Waals surface area contributed by atoms with Crippen molar-refractivity contribution in [1.82, 2.24) is 9.13 Å². The summed E-state index contributed by atoms with van der Waals surface area (Å²) in [7, 11) is 0. The van der Waals surface area contributed by atoms with E-state index in [2.05, 4.69) is 292 Å². The van der Waals surface area contributed by atoms with Crippen LogP contribution in [0.25, 0.3) is 88.4 Å². The molecule has 12 aromatic rings. The van der Waals surface area contributed by atoms with Crippen molar-refractivity contribution in [2.24, 2.45) is 23.7 Å². The molecule has 494 valence electrons. The van der Waals surface area contributed by atoms with Crippen molar-refractivity contribution in [3.8, 4) is 44.8 Å². The van der Waals surface area contributed by atoms with Gasteiger partial charge in [0.25, 0.3) is 6.71 Å². The Labute approximate surface area is 596 Å². The van der Waals surface area contributed by atoms with Gasteiger partial charge in [0.15, 0.2) is 0 Å². The number of hydrogen-bond acceptors (Lipinski definition) is 2. The Morgan fingerprint density at radius 1 is 0.327 bits per heavy atom. The second-order valence-corrected chi connectivity index (χ2v) is 30.5. The van der Waals surface area contributed by atoms with Gasteiger partial charge in [-0.2, -0.15) is 0 Å². The lowest BCUT2D eigenvalue weighted by atomic mass is 9.33. The molecule has 0 N–H and O–H groups in total. The van der Waals surface area contributed by atoms with Crippen molar-refractivity contribution in [2.45, 2.75) is 128 Å². The second-order valence-electron chi connectivity index (χ2n) is 30.5. The SMILES string of the molecule is C1=CCC(C2=CCCC(C3=CCCCC3)C2N2c3cc(-n4c5ccccc5c5c(-c6ccccc6)cccc54)ccc3B3c4ccc(-n5c6ccccc6c6c(-c7ccccc7)cccc65)cc4N(C4C(C5CC=CCC5)=CCCC4C4=CCCCC4)c4cc(-c5ccccc5)cc2c43)CC1. The van der Waals surface area contributed by atoms with Crippen LogP contribution in [-0.2, 0) is 0 Å². The Hall–Kier alpha value is -10.1. The lowest BCUT2D eigenvalue weighted by Gasteiger charge is -2.53. The number of fused-ring (bicyclic) bond motifs is 10. The van der Waals surface area contributed by atoms with Crippen molar-refractivity contribution in [2.75, 3.05) is 9.80 Å². The maximum absolute atomic E-state index is 3.05. The van der Waals surface area contributed by atoms with E-state index in [4.69, 9.17) is 0 Å². The van der Waals surface area contributed by atoms with Crippen molar-refractivity contribution < 1.29 is 0 Å². The lowest BCUT2D eigenvalue weighted by molar-refractivity contribution is 0.391. The fourth-order valence-corrected chi connectivity index (χ4v) is 20.7. The maximum Gasteiger partial charge on any atom is 0.252 e. The van der Waals surface area contributed by atoms with E-state index in [1.807, 2.05) is 0 Å². The molecule has 0 saturated carbocycles. The van der Waals surface area contributed by atoms with Crippen molar-refractivity contribution >= 4 is 89.5 Å². The Balaban J connectivity index is 0.907. The van der Waals surface area contributed by atoms with Gasteiger partial charge in [-0.25, -0.2) is 0 Å². The van der Waals surface area contributed by atoms with E-state index in [-0.39, 0.29) is 18.8 Å². The van der Waals surface area contributed by atoms with Gasteiger partial charge in [-0.1, -0.05) is 224 Å². The first-order chi connectivity index (χ1) is 50.2. The van der Waals surface area contributed by atoms with E-state index in [0.29, 0.717) is 23.7 Å². The summed E-state index contributed by atoms with van der Waals surface area (Å²) in [5.74, 6) is 1.66. The quantitative estimate of drug-likeness (QED) is 0.0948. The predicted octanol–water partition coefficient (Wildman–Crippen LogP) is 23.4. The first-order valence-corrected chi connectivity index (χ1v) is 38.5. The summed E-state index contributed by atoms with van der Waals surface area (Å²) in [6.45, 7) is -0.0712. The minimum Gasteiger partial charge on any atom is -0.334 e. The van der Waals surface area contributed by atoms with Gasteiger partial charge in [-0.3, -0.25) is 0 Å². The molecule has 4 nitrogen and oxygen atoms in total. The zero-order valence-electron chi connectivity index (χ0n) is 58.0. The number of allylic oxidation sites excluding steroid dienone is 8. The summed E-state index contributed by atoms with van der Waals surface area (Å²) in [5, 5.41) is 5.17. The summed E-state index contributed by atoms with van der Waals surface area (Å²) in [4.78, 5) is 6.11. The highest BCUT2D eigenvalue weighted by Crippen LogP contribution is 2.54. The van der Waals surface area contributed by atoms with Crippen LogP contribution in [0.4, 0.5) is 22.7 Å². The van der Waals surface area contributed by atoms with Crippen LogP contribution in [0.2, 0.25) is 0 Å². The van der Waals surface area contributed by atoms with Crippen LogP contribution >= 0.6 is 0 Å². The molecule has 0 fully saturated rings. The Kier molecular flexibility index (Phi) is 15.4. The molecule has 0 spiro atoms. The van der Waals surface area contributed by atoms with Crippen molar-refractivity contribution in [1.29, 1.82) is 0 Å². The summed E-state index contributed by atoms with van der Waals surface area (Å²) in [5.41, 5.74) is 31.5. The Bertz CT molecular complexity index is 5130. The predicted molar refractivity (Wildman–Crippen MR) is 429 cm³/mol. The zero-order valence-corrected chi connectivity index (χ0v) is 58.0. The number of rotatable bonds is 11. The summed E-state index contributed by atoms with van der Waals surface area (Å²) >= 11 is 0. The largest absolute Gasteiger partial charge is 0.334 e. The average molecular weight is 1310 g/mol. The number of benzene rings is 10. The topological polar surface area (TPSA) is 16.3 Å². The molecule has 101 heavy (non-hydrogen) atoms. The van der Waals surface area contributed by atoms with Crippen molar-refractivity contribution in [3.63, 3.8) is 0 Å². The number of para-hydroxylation sites is 2. The maximum atomic E-state index is 3.05. The molecule has 10 aromatic carbocycles. The number of hydrogen-bond donors (Lipinski definition) is 0. The van der Waals surface area contributed by atoms with Crippen LogP contribution in [0, 0.1) is 23.7 Å².